The number of nitrogens with one attached hydrogen (secondary N) is 1. The van der Waals surface area contributed by atoms with E-state index in [0.29, 0.717) is 0 Å². The Morgan fingerprint density at radius 2 is 1.70 bits per heavy atom. The molecule has 4 aromatic carbocycles. The number of aromatic hydroxyl groups is 1. The zero-order chi connectivity index (χ0) is 21.4. The van der Waals surface area contributed by atoms with E-state index >= 15 is 0 Å². The fourth-order valence-corrected chi connectivity index (χ4v) is 3.53. The summed E-state index contributed by atoms with van der Waals surface area (Å²) in [6.45, 7) is 0. The fourth-order valence-electron chi connectivity index (χ4n) is 3.36. The first-order valence-corrected chi connectivity index (χ1v) is 9.32. The van der Waals surface area contributed by atoms with Crippen molar-refractivity contribution in [1.82, 2.24) is 4.98 Å². The summed E-state index contributed by atoms with van der Waals surface area (Å²) in [7, 11) is 0. The highest BCUT2D eigenvalue weighted by molar-refractivity contribution is 6.32. The minimum Gasteiger partial charge on any atom is -0.508 e. The van der Waals surface area contributed by atoms with Crippen molar-refractivity contribution in [3.63, 3.8) is 0 Å². The number of nitrogen functional groups attached to an aromatic ring is 1. The van der Waals surface area contributed by atoms with Gasteiger partial charge in [0, 0.05) is 32.4 Å². The summed E-state index contributed by atoms with van der Waals surface area (Å²) >= 11 is 6.07. The number of phenols is 1. The van der Waals surface area contributed by atoms with Crippen LogP contribution in [0.4, 0.5) is 10.1 Å². The van der Waals surface area contributed by atoms with Crippen molar-refractivity contribution in [2.75, 3.05) is 5.73 Å². The number of benzene rings is 4. The first kappa shape index (κ1) is 19.5. The molecule has 30 heavy (non-hydrogen) atoms. The van der Waals surface area contributed by atoms with Gasteiger partial charge in [0.1, 0.15) is 11.6 Å². The number of anilines is 1. The molecule has 5 aromatic rings. The molecule has 0 spiro atoms. The van der Waals surface area contributed by atoms with Crippen LogP contribution in [0.2, 0.25) is 5.02 Å². The van der Waals surface area contributed by atoms with Gasteiger partial charge < -0.3 is 20.9 Å². The maximum absolute atomic E-state index is 12.6. The Labute approximate surface area is 175 Å². The molecule has 0 radical (unpaired) electrons. The molecule has 7 heteroatoms. The van der Waals surface area contributed by atoms with Crippen LogP contribution in [0.15, 0.2) is 66.7 Å². The molecule has 1 heterocycles. The molecule has 0 saturated heterocycles. The van der Waals surface area contributed by atoms with E-state index in [1.165, 1.54) is 6.07 Å². The second-order valence-corrected chi connectivity index (χ2v) is 7.19. The Kier molecular flexibility index (Phi) is 4.93. The first-order chi connectivity index (χ1) is 14.3. The molecule has 1 aromatic heterocycles. The molecule has 0 fully saturated rings. The average Bonchev–Trinajstić information content (AvgIpc) is 3.08. The van der Waals surface area contributed by atoms with Crippen molar-refractivity contribution < 1.29 is 19.4 Å². The van der Waals surface area contributed by atoms with Gasteiger partial charge >= 0.3 is 5.97 Å². The Morgan fingerprint density at radius 1 is 0.933 bits per heavy atom. The summed E-state index contributed by atoms with van der Waals surface area (Å²) in [4.78, 5) is 13.7. The summed E-state index contributed by atoms with van der Waals surface area (Å²) in [6.07, 6.45) is 0. The first-order valence-electron chi connectivity index (χ1n) is 8.94. The lowest BCUT2D eigenvalue weighted by atomic mass is 10.1. The number of phenolic OH excluding ortho intramolecular Hbond substituents is 1. The van der Waals surface area contributed by atoms with E-state index in [1.54, 1.807) is 12.1 Å². The topological polar surface area (TPSA) is 99.3 Å². The van der Waals surface area contributed by atoms with Gasteiger partial charge in [-0.2, -0.15) is 0 Å². The van der Waals surface area contributed by atoms with E-state index in [1.807, 2.05) is 24.3 Å². The fraction of sp³-hybridized carbons (Fsp3) is 0. The number of aromatic carboxylic acids is 1. The predicted molar refractivity (Wildman–Crippen MR) is 118 cm³/mol. The van der Waals surface area contributed by atoms with Crippen molar-refractivity contribution in [2.45, 2.75) is 0 Å². The molecule has 0 aliphatic heterocycles. The van der Waals surface area contributed by atoms with Gasteiger partial charge in [-0.15, -0.1) is 0 Å². The number of carboxylic acids is 1. The second kappa shape index (κ2) is 7.57. The molecular weight excluding hydrogens is 407 g/mol. The van der Waals surface area contributed by atoms with Crippen LogP contribution in [0.1, 0.15) is 10.4 Å². The number of H-pyrrole nitrogens is 1. The number of rotatable bonds is 1. The van der Waals surface area contributed by atoms with Gasteiger partial charge in [-0.1, -0.05) is 29.8 Å². The molecule has 5 nitrogen and oxygen atoms in total. The number of halogens is 2. The van der Waals surface area contributed by atoms with Crippen LogP contribution in [-0.4, -0.2) is 21.2 Å². The normalized spacial score (nSPS) is 10.9. The number of carbonyl (C=O) groups is 1. The molecule has 5 N–H and O–H groups in total. The maximum Gasteiger partial charge on any atom is 0.338 e. The number of aromatic nitrogens is 1. The number of fused-ring (bicyclic) bond motifs is 5. The number of nitrogens with two attached hydrogens (primary N) is 1. The van der Waals surface area contributed by atoms with Crippen LogP contribution >= 0.6 is 11.6 Å². The van der Waals surface area contributed by atoms with Gasteiger partial charge in [0.2, 0.25) is 0 Å². The predicted octanol–water partition coefficient (Wildman–Crippen LogP) is 5.94. The minimum absolute atomic E-state index is 0.240. The molecule has 0 bridgehead atoms. The van der Waals surface area contributed by atoms with Gasteiger partial charge in [-0.25, -0.2) is 9.18 Å². The van der Waals surface area contributed by atoms with E-state index in [4.69, 9.17) is 22.4 Å². The highest BCUT2D eigenvalue weighted by Gasteiger charge is 2.09. The lowest BCUT2D eigenvalue weighted by Gasteiger charge is -2.00. The van der Waals surface area contributed by atoms with Crippen LogP contribution in [0.25, 0.3) is 32.6 Å². The number of carboxylic acid groups (broad SMARTS) is 1. The third-order valence-electron chi connectivity index (χ3n) is 4.76. The summed E-state index contributed by atoms with van der Waals surface area (Å²) in [5.74, 6) is -1.81. The van der Waals surface area contributed by atoms with E-state index < -0.39 is 17.3 Å². The maximum atomic E-state index is 12.6. The van der Waals surface area contributed by atoms with E-state index in [-0.39, 0.29) is 11.4 Å². The molecule has 0 unspecified atom stereocenters. The van der Waals surface area contributed by atoms with Gasteiger partial charge in [0.25, 0.3) is 0 Å². The lowest BCUT2D eigenvalue weighted by molar-refractivity contribution is 0.0692. The van der Waals surface area contributed by atoms with Crippen molar-refractivity contribution in [2.24, 2.45) is 0 Å². The summed E-state index contributed by atoms with van der Waals surface area (Å²) in [5, 5.41) is 23.1. The Bertz CT molecular complexity index is 1430. The van der Waals surface area contributed by atoms with Crippen LogP contribution in [0.5, 0.6) is 5.75 Å². The standard InChI is InChI=1S/C16H10ClNO.C7H6FNO2/c17-10-3-6-15-14(7-10)12-5-2-9-1-4-11(19)8-13(9)16(12)18-15;8-6-2-1-4(9)3-5(6)7(10)11/h1-8,18-19H;1-3H,9H2,(H,10,11). The molecular formula is C23H16ClFN2O3. The van der Waals surface area contributed by atoms with Crippen molar-refractivity contribution >= 4 is 55.8 Å². The molecule has 0 aliphatic carbocycles. The van der Waals surface area contributed by atoms with E-state index in [9.17, 15) is 14.3 Å². The van der Waals surface area contributed by atoms with Crippen molar-refractivity contribution in [3.05, 3.63) is 83.1 Å². The zero-order valence-corrected chi connectivity index (χ0v) is 16.2. The van der Waals surface area contributed by atoms with Crippen molar-refractivity contribution in [1.29, 1.82) is 0 Å². The molecule has 0 atom stereocenters. The highest BCUT2D eigenvalue weighted by Crippen LogP contribution is 2.33. The number of aromatic amines is 1. The third-order valence-corrected chi connectivity index (χ3v) is 4.99. The number of hydrogen-bond donors (Lipinski definition) is 4. The highest BCUT2D eigenvalue weighted by atomic mass is 35.5. The van der Waals surface area contributed by atoms with Gasteiger partial charge in [0.15, 0.2) is 0 Å². The lowest BCUT2D eigenvalue weighted by Crippen LogP contribution is -2.01. The van der Waals surface area contributed by atoms with Gasteiger partial charge in [-0.05, 0) is 53.9 Å². The smallest absolute Gasteiger partial charge is 0.338 e. The van der Waals surface area contributed by atoms with Crippen molar-refractivity contribution in [3.8, 4) is 5.75 Å². The molecule has 0 aliphatic rings. The SMILES string of the molecule is Nc1ccc(F)c(C(=O)O)c1.Oc1ccc2ccc3c4cc(Cl)ccc4[nH]c3c2c1. The monoisotopic (exact) mass is 422 g/mol. The summed E-state index contributed by atoms with van der Waals surface area (Å²) in [6, 6.07) is 18.8. The van der Waals surface area contributed by atoms with Gasteiger partial charge in [-0.3, -0.25) is 0 Å². The Morgan fingerprint density at radius 3 is 2.43 bits per heavy atom. The largest absolute Gasteiger partial charge is 0.508 e. The van der Waals surface area contributed by atoms with Crippen LogP contribution < -0.4 is 5.73 Å². The molecule has 150 valence electrons. The molecule has 0 amide bonds. The van der Waals surface area contributed by atoms with Crippen LogP contribution in [0.3, 0.4) is 0 Å². The average molecular weight is 423 g/mol. The summed E-state index contributed by atoms with van der Waals surface area (Å²) in [5.41, 5.74) is 7.16. The quantitative estimate of drug-likeness (QED) is 0.251. The minimum atomic E-state index is -1.31. The van der Waals surface area contributed by atoms with Gasteiger partial charge in [0.05, 0.1) is 11.1 Å². The Balaban J connectivity index is 0.000000170. The molecule has 0 saturated carbocycles. The number of hydrogen-bond acceptors (Lipinski definition) is 3. The van der Waals surface area contributed by atoms with E-state index in [0.717, 1.165) is 49.7 Å². The van der Waals surface area contributed by atoms with Crippen LogP contribution in [-0.2, 0) is 0 Å². The summed E-state index contributed by atoms with van der Waals surface area (Å²) < 4.78 is 12.6. The van der Waals surface area contributed by atoms with E-state index in [2.05, 4.69) is 17.1 Å². The Hall–Kier alpha value is -3.77. The molecule has 5 rings (SSSR count). The zero-order valence-electron chi connectivity index (χ0n) is 15.5. The third kappa shape index (κ3) is 3.60. The van der Waals surface area contributed by atoms with Crippen LogP contribution in [0, 0.1) is 5.82 Å². The second-order valence-electron chi connectivity index (χ2n) is 6.75.